The molecule has 0 aliphatic rings. The predicted molar refractivity (Wildman–Crippen MR) is 70.3 cm³/mol. The molecule has 1 amide bonds. The van der Waals surface area contributed by atoms with E-state index < -0.39 is 11.9 Å². The van der Waals surface area contributed by atoms with Gasteiger partial charge in [0.05, 0.1) is 11.1 Å². The smallest absolute Gasteiger partial charge is 0.335 e. The van der Waals surface area contributed by atoms with E-state index in [0.717, 1.165) is 4.90 Å². The molecule has 0 fully saturated rings. The second kappa shape index (κ2) is 5.53. The van der Waals surface area contributed by atoms with Gasteiger partial charge in [0.1, 0.15) is 5.03 Å². The first-order valence-corrected chi connectivity index (χ1v) is 6.15. The van der Waals surface area contributed by atoms with Crippen LogP contribution in [-0.2, 0) is 0 Å². The van der Waals surface area contributed by atoms with Crippen molar-refractivity contribution in [3.05, 3.63) is 53.7 Å². The summed E-state index contributed by atoms with van der Waals surface area (Å²) >= 11 is 1.37. The first-order valence-electron chi connectivity index (χ1n) is 5.33. The number of nitrogens with two attached hydrogens (primary N) is 1. The van der Waals surface area contributed by atoms with Gasteiger partial charge in [0.25, 0.3) is 0 Å². The third-order valence-electron chi connectivity index (χ3n) is 2.34. The molecule has 0 bridgehead atoms. The number of pyridine rings is 1. The van der Waals surface area contributed by atoms with Crippen LogP contribution in [-0.4, -0.2) is 22.0 Å². The lowest BCUT2D eigenvalue weighted by molar-refractivity contribution is 0.0696. The van der Waals surface area contributed by atoms with Crippen LogP contribution in [0.3, 0.4) is 0 Å². The largest absolute Gasteiger partial charge is 0.478 e. The highest BCUT2D eigenvalue weighted by Crippen LogP contribution is 2.26. The second-order valence-electron chi connectivity index (χ2n) is 3.68. The predicted octanol–water partition coefficient (Wildman–Crippen LogP) is 2.03. The molecule has 2 rings (SSSR count). The molecule has 6 heteroatoms. The van der Waals surface area contributed by atoms with Gasteiger partial charge in [0.15, 0.2) is 0 Å². The quantitative estimate of drug-likeness (QED) is 0.889. The molecule has 0 unspecified atom stereocenters. The summed E-state index contributed by atoms with van der Waals surface area (Å²) in [6.07, 6.45) is 1.41. The average Bonchev–Trinajstić information content (AvgIpc) is 2.40. The third kappa shape index (κ3) is 3.32. The van der Waals surface area contributed by atoms with Gasteiger partial charge in [-0.15, -0.1) is 0 Å². The molecule has 0 saturated heterocycles. The monoisotopic (exact) mass is 274 g/mol. The molecule has 3 N–H and O–H groups in total. The Morgan fingerprint density at radius 2 is 1.68 bits per heavy atom. The van der Waals surface area contributed by atoms with Crippen molar-refractivity contribution in [2.75, 3.05) is 0 Å². The van der Waals surface area contributed by atoms with Gasteiger partial charge in [0, 0.05) is 11.1 Å². The highest BCUT2D eigenvalue weighted by molar-refractivity contribution is 7.99. The van der Waals surface area contributed by atoms with E-state index in [1.807, 2.05) is 0 Å². The van der Waals surface area contributed by atoms with Gasteiger partial charge in [-0.2, -0.15) is 0 Å². The summed E-state index contributed by atoms with van der Waals surface area (Å²) in [5.74, 6) is -1.48. The number of rotatable bonds is 4. The maximum absolute atomic E-state index is 10.9. The molecule has 0 aliphatic carbocycles. The molecular formula is C13H10N2O3S. The second-order valence-corrected chi connectivity index (χ2v) is 4.77. The van der Waals surface area contributed by atoms with E-state index in [9.17, 15) is 9.59 Å². The van der Waals surface area contributed by atoms with Gasteiger partial charge in [-0.3, -0.25) is 4.79 Å². The van der Waals surface area contributed by atoms with E-state index in [0.29, 0.717) is 10.6 Å². The van der Waals surface area contributed by atoms with Gasteiger partial charge in [-0.25, -0.2) is 9.78 Å². The summed E-state index contributed by atoms with van der Waals surface area (Å²) in [5.41, 5.74) is 5.71. The summed E-state index contributed by atoms with van der Waals surface area (Å²) in [7, 11) is 0. The first-order chi connectivity index (χ1) is 9.06. The molecule has 0 aliphatic heterocycles. The number of aromatic carboxylic acids is 1. The van der Waals surface area contributed by atoms with Crippen molar-refractivity contribution in [2.45, 2.75) is 9.92 Å². The van der Waals surface area contributed by atoms with E-state index in [-0.39, 0.29) is 5.56 Å². The fraction of sp³-hybridized carbons (Fsp3) is 0. The van der Waals surface area contributed by atoms with E-state index in [1.54, 1.807) is 24.3 Å². The molecule has 96 valence electrons. The van der Waals surface area contributed by atoms with Gasteiger partial charge >= 0.3 is 5.97 Å². The number of amides is 1. The van der Waals surface area contributed by atoms with Gasteiger partial charge in [-0.05, 0) is 36.4 Å². The molecular weight excluding hydrogens is 264 g/mol. The summed E-state index contributed by atoms with van der Waals surface area (Å²) in [4.78, 5) is 26.6. The van der Waals surface area contributed by atoms with Crippen LogP contribution in [0.2, 0.25) is 0 Å². The maximum Gasteiger partial charge on any atom is 0.335 e. The van der Waals surface area contributed by atoms with Crippen LogP contribution in [0.5, 0.6) is 0 Å². The van der Waals surface area contributed by atoms with Crippen molar-refractivity contribution in [3.63, 3.8) is 0 Å². The highest BCUT2D eigenvalue weighted by atomic mass is 32.2. The Bertz CT molecular complexity index is 553. The minimum absolute atomic E-state index is 0.237. The Labute approximate surface area is 113 Å². The fourth-order valence-corrected chi connectivity index (χ4v) is 2.13. The molecule has 2 aromatic rings. The van der Waals surface area contributed by atoms with E-state index in [2.05, 4.69) is 4.98 Å². The number of carbonyl (C=O) groups excluding carboxylic acids is 1. The van der Waals surface area contributed by atoms with Crippen LogP contribution in [0.15, 0.2) is 52.5 Å². The topological polar surface area (TPSA) is 93.3 Å². The van der Waals surface area contributed by atoms with Gasteiger partial charge < -0.3 is 10.8 Å². The Hall–Kier alpha value is -2.34. The number of hydrogen-bond acceptors (Lipinski definition) is 4. The maximum atomic E-state index is 10.9. The Balaban J connectivity index is 2.12. The molecule has 19 heavy (non-hydrogen) atoms. The van der Waals surface area contributed by atoms with Crippen LogP contribution in [0.4, 0.5) is 0 Å². The SMILES string of the molecule is NC(=O)c1ccc(Sc2ccc(C(=O)O)cc2)nc1. The Morgan fingerprint density at radius 1 is 1.05 bits per heavy atom. The standard InChI is InChI=1S/C13H10N2O3S/c14-12(16)9-3-6-11(15-7-9)19-10-4-1-8(2-5-10)13(17)18/h1-7H,(H2,14,16)(H,17,18). The number of primary amides is 1. The van der Waals surface area contributed by atoms with Crippen molar-refractivity contribution < 1.29 is 14.7 Å². The third-order valence-corrected chi connectivity index (χ3v) is 3.30. The van der Waals surface area contributed by atoms with E-state index in [1.165, 1.54) is 30.1 Å². The van der Waals surface area contributed by atoms with Crippen molar-refractivity contribution >= 4 is 23.6 Å². The number of aromatic nitrogens is 1. The summed E-state index contributed by atoms with van der Waals surface area (Å²) in [6, 6.07) is 9.76. The minimum Gasteiger partial charge on any atom is -0.478 e. The zero-order valence-electron chi connectivity index (χ0n) is 9.74. The molecule has 0 spiro atoms. The fourth-order valence-electron chi connectivity index (χ4n) is 1.37. The molecule has 1 aromatic carbocycles. The molecule has 1 heterocycles. The number of carboxylic acid groups (broad SMARTS) is 1. The molecule has 1 aromatic heterocycles. The van der Waals surface area contributed by atoms with Gasteiger partial charge in [-0.1, -0.05) is 11.8 Å². The normalized spacial score (nSPS) is 10.1. The lowest BCUT2D eigenvalue weighted by atomic mass is 10.2. The molecule has 0 saturated carbocycles. The van der Waals surface area contributed by atoms with E-state index in [4.69, 9.17) is 10.8 Å². The molecule has 5 nitrogen and oxygen atoms in total. The minimum atomic E-state index is -0.958. The lowest BCUT2D eigenvalue weighted by Crippen LogP contribution is -2.10. The van der Waals surface area contributed by atoms with Crippen molar-refractivity contribution in [1.29, 1.82) is 0 Å². The van der Waals surface area contributed by atoms with Crippen LogP contribution in [0, 0.1) is 0 Å². The lowest BCUT2D eigenvalue weighted by Gasteiger charge is -2.02. The van der Waals surface area contributed by atoms with Crippen LogP contribution in [0.1, 0.15) is 20.7 Å². The zero-order valence-corrected chi connectivity index (χ0v) is 10.6. The number of benzene rings is 1. The summed E-state index contributed by atoms with van der Waals surface area (Å²) in [5, 5.41) is 9.49. The number of carboxylic acids is 1. The number of nitrogens with zero attached hydrogens (tertiary/aromatic N) is 1. The van der Waals surface area contributed by atoms with E-state index >= 15 is 0 Å². The Morgan fingerprint density at radius 3 is 2.16 bits per heavy atom. The molecule has 0 radical (unpaired) electrons. The highest BCUT2D eigenvalue weighted by Gasteiger charge is 2.05. The van der Waals surface area contributed by atoms with Crippen molar-refractivity contribution in [2.24, 2.45) is 5.73 Å². The number of hydrogen-bond donors (Lipinski definition) is 2. The number of carbonyl (C=O) groups is 2. The Kier molecular flexibility index (Phi) is 3.82. The van der Waals surface area contributed by atoms with Crippen LogP contribution < -0.4 is 5.73 Å². The summed E-state index contributed by atoms with van der Waals surface area (Å²) in [6.45, 7) is 0. The van der Waals surface area contributed by atoms with Crippen molar-refractivity contribution in [3.8, 4) is 0 Å². The average molecular weight is 274 g/mol. The summed E-state index contributed by atoms with van der Waals surface area (Å²) < 4.78 is 0. The van der Waals surface area contributed by atoms with Crippen LogP contribution >= 0.6 is 11.8 Å². The zero-order chi connectivity index (χ0) is 13.8. The first kappa shape index (κ1) is 13.1. The molecule has 0 atom stereocenters. The van der Waals surface area contributed by atoms with Crippen molar-refractivity contribution in [1.82, 2.24) is 4.98 Å². The van der Waals surface area contributed by atoms with Gasteiger partial charge in [0.2, 0.25) is 5.91 Å². The van der Waals surface area contributed by atoms with Crippen LogP contribution in [0.25, 0.3) is 0 Å².